The molecule has 0 amide bonds. The fraction of sp³-hybridized carbons (Fsp3) is 0.917. The number of rotatable bonds is 3. The highest BCUT2D eigenvalue weighted by atomic mass is 16.5. The van der Waals surface area contributed by atoms with Crippen molar-refractivity contribution in [2.75, 3.05) is 20.2 Å². The maximum absolute atomic E-state index is 11.4. The Morgan fingerprint density at radius 3 is 2.60 bits per heavy atom. The average molecular weight is 211 g/mol. The Morgan fingerprint density at radius 2 is 2.00 bits per heavy atom. The van der Waals surface area contributed by atoms with Gasteiger partial charge in [0.2, 0.25) is 0 Å². The van der Waals surface area contributed by atoms with Gasteiger partial charge in [0.1, 0.15) is 6.04 Å². The maximum atomic E-state index is 11.4. The number of hydrogen-bond donors (Lipinski definition) is 0. The summed E-state index contributed by atoms with van der Waals surface area (Å²) >= 11 is 0. The minimum absolute atomic E-state index is 0.0201. The molecular weight excluding hydrogens is 190 g/mol. The summed E-state index contributed by atoms with van der Waals surface area (Å²) in [5, 5.41) is 0. The standard InChI is InChI=1S/C12H21NO2/c1-13(11-7-8-15-12(11)14)9-10-5-3-2-4-6-10/h10-11H,2-9H2,1H3. The number of hydrogen-bond acceptors (Lipinski definition) is 3. The first-order chi connectivity index (χ1) is 7.27. The third-order valence-electron chi connectivity index (χ3n) is 3.71. The zero-order valence-corrected chi connectivity index (χ0v) is 9.58. The predicted molar refractivity (Wildman–Crippen MR) is 58.6 cm³/mol. The largest absolute Gasteiger partial charge is 0.464 e. The second-order valence-electron chi connectivity index (χ2n) is 4.92. The molecule has 2 aliphatic rings. The SMILES string of the molecule is CN(CC1CCCCC1)C1CCOC1=O. The van der Waals surface area contributed by atoms with E-state index in [2.05, 4.69) is 11.9 Å². The highest BCUT2D eigenvalue weighted by Gasteiger charge is 2.31. The lowest BCUT2D eigenvalue weighted by atomic mass is 9.89. The van der Waals surface area contributed by atoms with Gasteiger partial charge in [0.05, 0.1) is 6.61 Å². The molecule has 1 unspecified atom stereocenters. The molecule has 15 heavy (non-hydrogen) atoms. The first-order valence-electron chi connectivity index (χ1n) is 6.14. The van der Waals surface area contributed by atoms with E-state index in [9.17, 15) is 4.79 Å². The van der Waals surface area contributed by atoms with Crippen molar-refractivity contribution in [1.29, 1.82) is 0 Å². The monoisotopic (exact) mass is 211 g/mol. The molecule has 0 radical (unpaired) electrons. The molecule has 3 heteroatoms. The van der Waals surface area contributed by atoms with E-state index in [4.69, 9.17) is 4.74 Å². The van der Waals surface area contributed by atoms with Crippen LogP contribution in [0.1, 0.15) is 38.5 Å². The molecule has 1 saturated carbocycles. The Balaban J connectivity index is 1.80. The number of ether oxygens (including phenoxy) is 1. The summed E-state index contributed by atoms with van der Waals surface area (Å²) in [6.07, 6.45) is 7.69. The Labute approximate surface area is 91.8 Å². The van der Waals surface area contributed by atoms with Gasteiger partial charge in [-0.05, 0) is 25.8 Å². The molecule has 2 fully saturated rings. The van der Waals surface area contributed by atoms with E-state index in [1.807, 2.05) is 0 Å². The number of likely N-dealkylation sites (N-methyl/N-ethyl adjacent to an activating group) is 1. The zero-order valence-electron chi connectivity index (χ0n) is 9.58. The van der Waals surface area contributed by atoms with Crippen LogP contribution in [0.3, 0.4) is 0 Å². The highest BCUT2D eigenvalue weighted by Crippen LogP contribution is 2.25. The van der Waals surface area contributed by atoms with E-state index in [0.29, 0.717) is 6.61 Å². The lowest BCUT2D eigenvalue weighted by Gasteiger charge is -2.28. The molecule has 0 aromatic carbocycles. The summed E-state index contributed by atoms with van der Waals surface area (Å²) in [5.74, 6) is 0.783. The van der Waals surface area contributed by atoms with Gasteiger partial charge in [-0.25, -0.2) is 0 Å². The van der Waals surface area contributed by atoms with E-state index in [1.54, 1.807) is 0 Å². The van der Waals surface area contributed by atoms with Crippen LogP contribution < -0.4 is 0 Å². The number of esters is 1. The molecule has 0 spiro atoms. The normalized spacial score (nSPS) is 28.4. The quantitative estimate of drug-likeness (QED) is 0.667. The number of nitrogens with zero attached hydrogens (tertiary/aromatic N) is 1. The molecule has 0 N–H and O–H groups in total. The van der Waals surface area contributed by atoms with Crippen molar-refractivity contribution in [3.05, 3.63) is 0 Å². The average Bonchev–Trinajstić information content (AvgIpc) is 2.66. The molecule has 1 atom stereocenters. The van der Waals surface area contributed by atoms with E-state index >= 15 is 0 Å². The molecule has 86 valence electrons. The third kappa shape index (κ3) is 2.71. The second kappa shape index (κ2) is 4.97. The third-order valence-corrected chi connectivity index (χ3v) is 3.71. The van der Waals surface area contributed by atoms with Crippen molar-refractivity contribution in [2.24, 2.45) is 5.92 Å². The minimum atomic E-state index is -0.0201. The summed E-state index contributed by atoms with van der Waals surface area (Å²) in [7, 11) is 2.06. The van der Waals surface area contributed by atoms with Gasteiger partial charge in [-0.2, -0.15) is 0 Å². The van der Waals surface area contributed by atoms with Gasteiger partial charge in [-0.3, -0.25) is 9.69 Å². The van der Waals surface area contributed by atoms with Gasteiger partial charge in [0, 0.05) is 13.0 Å². The molecule has 1 aliphatic heterocycles. The molecule has 0 aromatic rings. The lowest BCUT2D eigenvalue weighted by Crippen LogP contribution is -2.38. The number of carbonyl (C=O) groups excluding carboxylic acids is 1. The van der Waals surface area contributed by atoms with Crippen LogP contribution in [0.25, 0.3) is 0 Å². The van der Waals surface area contributed by atoms with E-state index < -0.39 is 0 Å². The van der Waals surface area contributed by atoms with Crippen molar-refractivity contribution in [3.8, 4) is 0 Å². The molecule has 1 aliphatic carbocycles. The number of carbonyl (C=O) groups is 1. The fourth-order valence-corrected chi connectivity index (χ4v) is 2.79. The van der Waals surface area contributed by atoms with Crippen LogP contribution >= 0.6 is 0 Å². The molecule has 2 rings (SSSR count). The Hall–Kier alpha value is -0.570. The van der Waals surface area contributed by atoms with Crippen molar-refractivity contribution >= 4 is 5.97 Å². The topological polar surface area (TPSA) is 29.5 Å². The first-order valence-corrected chi connectivity index (χ1v) is 6.14. The van der Waals surface area contributed by atoms with Gasteiger partial charge in [-0.15, -0.1) is 0 Å². The molecule has 3 nitrogen and oxygen atoms in total. The molecule has 1 saturated heterocycles. The van der Waals surface area contributed by atoms with Gasteiger partial charge < -0.3 is 4.74 Å². The van der Waals surface area contributed by atoms with Crippen LogP contribution in [0.4, 0.5) is 0 Å². The zero-order chi connectivity index (χ0) is 10.7. The smallest absolute Gasteiger partial charge is 0.323 e. The molecule has 0 aromatic heterocycles. The van der Waals surface area contributed by atoms with Crippen LogP contribution in [-0.2, 0) is 9.53 Å². The Kier molecular flexibility index (Phi) is 3.62. The van der Waals surface area contributed by atoms with Gasteiger partial charge in [-0.1, -0.05) is 19.3 Å². The second-order valence-corrected chi connectivity index (χ2v) is 4.92. The molecule has 0 bridgehead atoms. The van der Waals surface area contributed by atoms with Crippen LogP contribution in [0.2, 0.25) is 0 Å². The van der Waals surface area contributed by atoms with Gasteiger partial charge in [0.15, 0.2) is 0 Å². The van der Waals surface area contributed by atoms with Crippen LogP contribution in [-0.4, -0.2) is 37.1 Å². The number of cyclic esters (lactones) is 1. The Bertz CT molecular complexity index is 224. The summed E-state index contributed by atoms with van der Waals surface area (Å²) in [6.45, 7) is 1.68. The van der Waals surface area contributed by atoms with Gasteiger partial charge in [0.25, 0.3) is 0 Å². The van der Waals surface area contributed by atoms with Crippen molar-refractivity contribution in [2.45, 2.75) is 44.6 Å². The molecular formula is C12H21NO2. The summed E-state index contributed by atoms with van der Waals surface area (Å²) < 4.78 is 5.00. The predicted octanol–water partition coefficient (Wildman–Crippen LogP) is 1.81. The van der Waals surface area contributed by atoms with Gasteiger partial charge >= 0.3 is 5.97 Å². The summed E-state index contributed by atoms with van der Waals surface area (Å²) in [4.78, 5) is 13.6. The summed E-state index contributed by atoms with van der Waals surface area (Å²) in [6, 6.07) is 0.0342. The summed E-state index contributed by atoms with van der Waals surface area (Å²) in [5.41, 5.74) is 0. The maximum Gasteiger partial charge on any atom is 0.323 e. The Morgan fingerprint density at radius 1 is 1.27 bits per heavy atom. The van der Waals surface area contributed by atoms with E-state index in [0.717, 1.165) is 18.9 Å². The van der Waals surface area contributed by atoms with Crippen molar-refractivity contribution in [3.63, 3.8) is 0 Å². The first kappa shape index (κ1) is 10.9. The minimum Gasteiger partial charge on any atom is -0.464 e. The fourth-order valence-electron chi connectivity index (χ4n) is 2.79. The van der Waals surface area contributed by atoms with Crippen LogP contribution in [0.15, 0.2) is 0 Å². The van der Waals surface area contributed by atoms with E-state index in [1.165, 1.54) is 32.1 Å². The molecule has 1 heterocycles. The van der Waals surface area contributed by atoms with Crippen LogP contribution in [0.5, 0.6) is 0 Å². The van der Waals surface area contributed by atoms with Crippen LogP contribution in [0, 0.1) is 5.92 Å². The highest BCUT2D eigenvalue weighted by molar-refractivity contribution is 5.77. The van der Waals surface area contributed by atoms with Crippen molar-refractivity contribution < 1.29 is 9.53 Å². The van der Waals surface area contributed by atoms with Crippen molar-refractivity contribution in [1.82, 2.24) is 4.90 Å². The van der Waals surface area contributed by atoms with E-state index in [-0.39, 0.29) is 12.0 Å². The lowest BCUT2D eigenvalue weighted by molar-refractivity contribution is -0.142.